The van der Waals surface area contributed by atoms with Gasteiger partial charge in [0.2, 0.25) is 0 Å². The van der Waals surface area contributed by atoms with E-state index >= 15 is 0 Å². The Balaban J connectivity index is 1.55. The molecular weight excluding hydrogens is 306 g/mol. The molecule has 0 aliphatic heterocycles. The number of rotatable bonds is 4. The Morgan fingerprint density at radius 3 is 2.62 bits per heavy atom. The molecule has 1 aromatic heterocycles. The fraction of sp³-hybridized carbons (Fsp3) is 0.111. The number of anilines is 1. The zero-order chi connectivity index (χ0) is 16.9. The molecule has 0 saturated heterocycles. The largest absolute Gasteiger partial charge is 0.387 e. The van der Waals surface area contributed by atoms with Crippen molar-refractivity contribution in [3.63, 3.8) is 0 Å². The Morgan fingerprint density at radius 1 is 1.04 bits per heavy atom. The van der Waals surface area contributed by atoms with Crippen molar-refractivity contribution in [3.8, 4) is 0 Å². The molecule has 1 heterocycles. The van der Waals surface area contributed by atoms with Gasteiger partial charge in [-0.15, -0.1) is 0 Å². The molecule has 4 N–H and O–H groups in total. The van der Waals surface area contributed by atoms with Gasteiger partial charge in [-0.2, -0.15) is 0 Å². The molecule has 0 fully saturated rings. The van der Waals surface area contributed by atoms with Crippen LogP contribution in [0.25, 0.3) is 10.9 Å². The summed E-state index contributed by atoms with van der Waals surface area (Å²) in [4.78, 5) is 26.8. The van der Waals surface area contributed by atoms with E-state index in [9.17, 15) is 14.7 Å². The van der Waals surface area contributed by atoms with Crippen LogP contribution in [0.2, 0.25) is 0 Å². The van der Waals surface area contributed by atoms with Gasteiger partial charge in [-0.05, 0) is 29.8 Å². The number of amides is 2. The number of fused-ring (bicyclic) bond motifs is 1. The maximum Gasteiger partial charge on any atom is 0.313 e. The highest BCUT2D eigenvalue weighted by atomic mass is 16.3. The summed E-state index contributed by atoms with van der Waals surface area (Å²) in [5, 5.41) is 15.9. The molecule has 0 radical (unpaired) electrons. The van der Waals surface area contributed by atoms with Gasteiger partial charge in [-0.3, -0.25) is 9.59 Å². The maximum atomic E-state index is 11.9. The van der Waals surface area contributed by atoms with E-state index in [-0.39, 0.29) is 6.54 Å². The Bertz CT molecular complexity index is 858. The number of hydrogen-bond donors (Lipinski definition) is 4. The molecule has 3 rings (SSSR count). The van der Waals surface area contributed by atoms with Crippen LogP contribution in [0.3, 0.4) is 0 Å². The molecular formula is C18H17N3O3. The summed E-state index contributed by atoms with van der Waals surface area (Å²) in [6.07, 6.45) is 0.938. The number of aliphatic hydroxyl groups excluding tert-OH is 1. The summed E-state index contributed by atoms with van der Waals surface area (Å²) in [5.41, 5.74) is 2.16. The second kappa shape index (κ2) is 6.97. The van der Waals surface area contributed by atoms with Crippen molar-refractivity contribution in [1.82, 2.24) is 10.3 Å². The van der Waals surface area contributed by atoms with Crippen LogP contribution in [0.4, 0.5) is 5.69 Å². The Kier molecular flexibility index (Phi) is 4.58. The summed E-state index contributed by atoms with van der Waals surface area (Å²) in [7, 11) is 0. The van der Waals surface area contributed by atoms with E-state index < -0.39 is 17.9 Å². The maximum absolute atomic E-state index is 11.9. The third-order valence-electron chi connectivity index (χ3n) is 3.66. The van der Waals surface area contributed by atoms with Gasteiger partial charge in [0.25, 0.3) is 0 Å². The van der Waals surface area contributed by atoms with Gasteiger partial charge in [0, 0.05) is 29.3 Å². The fourth-order valence-electron chi connectivity index (χ4n) is 2.38. The number of aliphatic hydroxyl groups is 1. The van der Waals surface area contributed by atoms with Crippen LogP contribution >= 0.6 is 0 Å². The quantitative estimate of drug-likeness (QED) is 0.553. The van der Waals surface area contributed by atoms with Gasteiger partial charge in [0.05, 0.1) is 6.10 Å². The first-order valence-electron chi connectivity index (χ1n) is 7.53. The van der Waals surface area contributed by atoms with E-state index in [2.05, 4.69) is 15.6 Å². The van der Waals surface area contributed by atoms with Crippen molar-refractivity contribution in [2.24, 2.45) is 0 Å². The van der Waals surface area contributed by atoms with E-state index in [0.29, 0.717) is 11.3 Å². The molecule has 1 atom stereocenters. The topological polar surface area (TPSA) is 94.2 Å². The van der Waals surface area contributed by atoms with E-state index in [1.54, 1.807) is 42.6 Å². The first-order valence-corrected chi connectivity index (χ1v) is 7.53. The molecule has 0 saturated carbocycles. The van der Waals surface area contributed by atoms with Gasteiger partial charge in [0.15, 0.2) is 0 Å². The van der Waals surface area contributed by atoms with Gasteiger partial charge in [-0.1, -0.05) is 30.3 Å². The van der Waals surface area contributed by atoms with Crippen molar-refractivity contribution in [1.29, 1.82) is 0 Å². The molecule has 0 bridgehead atoms. The van der Waals surface area contributed by atoms with Gasteiger partial charge in [-0.25, -0.2) is 0 Å². The van der Waals surface area contributed by atoms with Gasteiger partial charge < -0.3 is 20.7 Å². The van der Waals surface area contributed by atoms with Gasteiger partial charge in [0.1, 0.15) is 0 Å². The molecule has 2 amide bonds. The molecule has 24 heavy (non-hydrogen) atoms. The SMILES string of the molecule is O=C(NC[C@@H](O)c1ccccc1)C(=O)Nc1ccc2[nH]ccc2c1. The Hall–Kier alpha value is -3.12. The molecule has 0 aliphatic carbocycles. The highest BCUT2D eigenvalue weighted by molar-refractivity contribution is 6.39. The number of H-pyrrole nitrogens is 1. The van der Waals surface area contributed by atoms with E-state index in [1.807, 2.05) is 18.2 Å². The summed E-state index contributed by atoms with van der Waals surface area (Å²) >= 11 is 0. The standard InChI is InChI=1S/C18H17N3O3/c22-16(12-4-2-1-3-5-12)11-20-17(23)18(24)21-14-6-7-15-13(10-14)8-9-19-15/h1-10,16,19,22H,11H2,(H,20,23)(H,21,24)/t16-/m1/s1. The lowest BCUT2D eigenvalue weighted by molar-refractivity contribution is -0.136. The number of carbonyl (C=O) groups is 2. The van der Waals surface area contributed by atoms with Crippen LogP contribution in [0.1, 0.15) is 11.7 Å². The minimum atomic E-state index is -0.862. The van der Waals surface area contributed by atoms with Crippen molar-refractivity contribution in [2.45, 2.75) is 6.10 Å². The average Bonchev–Trinajstić information content (AvgIpc) is 3.07. The number of hydrogen-bond acceptors (Lipinski definition) is 3. The number of nitrogens with one attached hydrogen (secondary N) is 3. The third-order valence-corrected chi connectivity index (χ3v) is 3.66. The molecule has 3 aromatic rings. The number of benzene rings is 2. The minimum Gasteiger partial charge on any atom is -0.387 e. The van der Waals surface area contributed by atoms with Crippen LogP contribution in [-0.4, -0.2) is 28.4 Å². The number of aromatic amines is 1. The molecule has 6 nitrogen and oxygen atoms in total. The van der Waals surface area contributed by atoms with Gasteiger partial charge >= 0.3 is 11.8 Å². The average molecular weight is 323 g/mol. The highest BCUT2D eigenvalue weighted by Crippen LogP contribution is 2.17. The monoisotopic (exact) mass is 323 g/mol. The zero-order valence-corrected chi connectivity index (χ0v) is 12.8. The van der Waals surface area contributed by atoms with Crippen molar-refractivity contribution in [3.05, 3.63) is 66.4 Å². The summed E-state index contributed by atoms with van der Waals surface area (Å²) < 4.78 is 0. The zero-order valence-electron chi connectivity index (χ0n) is 12.8. The van der Waals surface area contributed by atoms with E-state index in [4.69, 9.17) is 0 Å². The van der Waals surface area contributed by atoms with Crippen molar-refractivity contribution >= 4 is 28.4 Å². The Morgan fingerprint density at radius 2 is 1.83 bits per heavy atom. The normalized spacial score (nSPS) is 11.9. The number of aromatic nitrogens is 1. The first-order chi connectivity index (χ1) is 11.6. The molecule has 0 aliphatic rings. The Labute approximate surface area is 138 Å². The predicted octanol–water partition coefficient (Wildman–Crippen LogP) is 1.96. The lowest BCUT2D eigenvalue weighted by atomic mass is 10.1. The fourth-order valence-corrected chi connectivity index (χ4v) is 2.38. The molecule has 0 unspecified atom stereocenters. The second-order valence-electron chi connectivity index (χ2n) is 5.37. The minimum absolute atomic E-state index is 0.0346. The van der Waals surface area contributed by atoms with Crippen LogP contribution in [0.5, 0.6) is 0 Å². The van der Waals surface area contributed by atoms with E-state index in [1.165, 1.54) is 0 Å². The summed E-state index contributed by atoms with van der Waals surface area (Å²) in [6.45, 7) is -0.0346. The first kappa shape index (κ1) is 15.8. The summed E-state index contributed by atoms with van der Waals surface area (Å²) in [5.74, 6) is -1.57. The van der Waals surface area contributed by atoms with Crippen LogP contribution in [0.15, 0.2) is 60.8 Å². The third kappa shape index (κ3) is 3.61. The predicted molar refractivity (Wildman–Crippen MR) is 91.3 cm³/mol. The summed E-state index contributed by atoms with van der Waals surface area (Å²) in [6, 6.07) is 16.1. The lowest BCUT2D eigenvalue weighted by Crippen LogP contribution is -2.37. The number of carbonyl (C=O) groups excluding carboxylic acids is 2. The van der Waals surface area contributed by atoms with Crippen molar-refractivity contribution < 1.29 is 14.7 Å². The molecule has 0 spiro atoms. The van der Waals surface area contributed by atoms with E-state index in [0.717, 1.165) is 10.9 Å². The lowest BCUT2D eigenvalue weighted by Gasteiger charge is -2.12. The smallest absolute Gasteiger partial charge is 0.313 e. The molecule has 2 aromatic carbocycles. The van der Waals surface area contributed by atoms with Crippen molar-refractivity contribution in [2.75, 3.05) is 11.9 Å². The van der Waals surface area contributed by atoms with Crippen LogP contribution in [0, 0.1) is 0 Å². The molecule has 6 heteroatoms. The highest BCUT2D eigenvalue weighted by Gasteiger charge is 2.16. The molecule has 122 valence electrons. The second-order valence-corrected chi connectivity index (χ2v) is 5.37. The van der Waals surface area contributed by atoms with Crippen LogP contribution < -0.4 is 10.6 Å². The van der Waals surface area contributed by atoms with Crippen LogP contribution in [-0.2, 0) is 9.59 Å².